The molecule has 0 aliphatic rings. The van der Waals surface area contributed by atoms with Crippen LogP contribution in [0.2, 0.25) is 0 Å². The first kappa shape index (κ1) is 14.6. The van der Waals surface area contributed by atoms with Gasteiger partial charge in [0.2, 0.25) is 0 Å². The maximum Gasteiger partial charge on any atom is 0.264 e. The summed E-state index contributed by atoms with van der Waals surface area (Å²) in [7, 11) is -2.02. The zero-order chi connectivity index (χ0) is 14.8. The van der Waals surface area contributed by atoms with Crippen molar-refractivity contribution in [3.05, 3.63) is 59.7 Å². The molecule has 0 fully saturated rings. The predicted molar refractivity (Wildman–Crippen MR) is 81.1 cm³/mol. The molecule has 2 N–H and O–H groups in total. The number of hydrogen-bond acceptors (Lipinski definition) is 3. The van der Waals surface area contributed by atoms with Gasteiger partial charge in [0.15, 0.2) is 0 Å². The van der Waals surface area contributed by atoms with Crippen LogP contribution in [0.4, 0.5) is 5.69 Å². The largest absolute Gasteiger partial charge is 0.326 e. The second kappa shape index (κ2) is 5.64. The molecule has 0 amide bonds. The van der Waals surface area contributed by atoms with E-state index in [4.69, 9.17) is 5.73 Å². The van der Waals surface area contributed by atoms with Gasteiger partial charge in [-0.1, -0.05) is 35.9 Å². The van der Waals surface area contributed by atoms with E-state index in [2.05, 4.69) is 0 Å². The molecule has 0 unspecified atom stereocenters. The molecule has 0 heterocycles. The number of sulfonamides is 1. The summed E-state index contributed by atoms with van der Waals surface area (Å²) in [5.41, 5.74) is 8.09. The minimum Gasteiger partial charge on any atom is -0.326 e. The van der Waals surface area contributed by atoms with E-state index in [-0.39, 0.29) is 4.90 Å². The Balaban J connectivity index is 2.46. The van der Waals surface area contributed by atoms with Gasteiger partial charge in [-0.3, -0.25) is 4.31 Å². The number of rotatable bonds is 4. The molecule has 2 aromatic rings. The number of aryl methyl sites for hydroxylation is 1. The van der Waals surface area contributed by atoms with Crippen molar-refractivity contribution in [2.75, 3.05) is 11.4 Å². The van der Waals surface area contributed by atoms with Crippen molar-refractivity contribution in [1.82, 2.24) is 0 Å². The number of nitrogens with two attached hydrogens (primary N) is 1. The van der Waals surface area contributed by atoms with Crippen molar-refractivity contribution in [3.63, 3.8) is 0 Å². The van der Waals surface area contributed by atoms with Gasteiger partial charge in [-0.25, -0.2) is 8.42 Å². The van der Waals surface area contributed by atoms with Crippen molar-refractivity contribution < 1.29 is 8.42 Å². The second-order valence-electron chi connectivity index (χ2n) is 4.62. The fourth-order valence-corrected chi connectivity index (χ4v) is 3.22. The Morgan fingerprint density at radius 1 is 1.05 bits per heavy atom. The average molecular weight is 290 g/mol. The molecule has 0 bridgehead atoms. The summed E-state index contributed by atoms with van der Waals surface area (Å²) < 4.78 is 26.5. The molecule has 0 aliphatic carbocycles. The molecule has 0 spiro atoms. The summed E-state index contributed by atoms with van der Waals surface area (Å²) in [5, 5.41) is 0. The van der Waals surface area contributed by atoms with Crippen molar-refractivity contribution in [2.24, 2.45) is 5.73 Å². The van der Waals surface area contributed by atoms with Crippen LogP contribution in [0.25, 0.3) is 0 Å². The summed E-state index contributed by atoms with van der Waals surface area (Å²) >= 11 is 0. The molecule has 4 nitrogen and oxygen atoms in total. The van der Waals surface area contributed by atoms with Gasteiger partial charge >= 0.3 is 0 Å². The third kappa shape index (κ3) is 2.69. The Labute approximate surface area is 119 Å². The third-order valence-corrected chi connectivity index (χ3v) is 5.02. The first-order valence-corrected chi connectivity index (χ1v) is 7.74. The lowest BCUT2D eigenvalue weighted by molar-refractivity contribution is 0.594. The topological polar surface area (TPSA) is 63.4 Å². The summed E-state index contributed by atoms with van der Waals surface area (Å²) in [6.45, 7) is 2.22. The van der Waals surface area contributed by atoms with E-state index in [1.165, 1.54) is 4.31 Å². The Morgan fingerprint density at radius 3 is 2.25 bits per heavy atom. The molecule has 2 aromatic carbocycles. The van der Waals surface area contributed by atoms with Crippen molar-refractivity contribution in [1.29, 1.82) is 0 Å². The van der Waals surface area contributed by atoms with Gasteiger partial charge in [-0.2, -0.15) is 0 Å². The minimum absolute atomic E-state index is 0.275. The maximum atomic E-state index is 12.6. The van der Waals surface area contributed by atoms with E-state index in [9.17, 15) is 8.42 Å². The number of nitrogens with zero attached hydrogens (tertiary/aromatic N) is 1. The number of benzene rings is 2. The van der Waals surface area contributed by atoms with Gasteiger partial charge in [0, 0.05) is 13.6 Å². The van der Waals surface area contributed by atoms with Crippen LogP contribution < -0.4 is 10.0 Å². The van der Waals surface area contributed by atoms with E-state index in [0.717, 1.165) is 11.1 Å². The molecule has 0 saturated heterocycles. The Morgan fingerprint density at radius 2 is 1.65 bits per heavy atom. The molecule has 0 aliphatic heterocycles. The number of para-hydroxylation sites is 1. The van der Waals surface area contributed by atoms with Crippen LogP contribution in [0.5, 0.6) is 0 Å². The smallest absolute Gasteiger partial charge is 0.264 e. The van der Waals surface area contributed by atoms with E-state index in [1.807, 2.05) is 19.1 Å². The molecule has 106 valence electrons. The normalized spacial score (nSPS) is 11.3. The molecule has 0 atom stereocenters. The number of anilines is 1. The van der Waals surface area contributed by atoms with Crippen LogP contribution in [0.15, 0.2) is 53.4 Å². The summed E-state index contributed by atoms with van der Waals surface area (Å²) in [6.07, 6.45) is 0. The number of hydrogen-bond donors (Lipinski definition) is 1. The molecule has 0 radical (unpaired) electrons. The SMILES string of the molecule is Cc1ccc(S(=O)(=O)N(C)c2ccccc2CN)cc1. The average Bonchev–Trinajstić information content (AvgIpc) is 2.46. The van der Waals surface area contributed by atoms with Gasteiger partial charge in [-0.05, 0) is 30.7 Å². The highest BCUT2D eigenvalue weighted by molar-refractivity contribution is 7.92. The first-order chi connectivity index (χ1) is 9.46. The van der Waals surface area contributed by atoms with Gasteiger partial charge in [0.05, 0.1) is 10.6 Å². The lowest BCUT2D eigenvalue weighted by Gasteiger charge is -2.22. The highest BCUT2D eigenvalue weighted by atomic mass is 32.2. The summed E-state index contributed by atoms with van der Waals surface area (Å²) in [5.74, 6) is 0. The van der Waals surface area contributed by atoms with Crippen molar-refractivity contribution >= 4 is 15.7 Å². The van der Waals surface area contributed by atoms with E-state index in [1.54, 1.807) is 43.4 Å². The molecule has 0 saturated carbocycles. The Bertz CT molecular complexity index is 694. The van der Waals surface area contributed by atoms with Crippen molar-refractivity contribution in [3.8, 4) is 0 Å². The summed E-state index contributed by atoms with van der Waals surface area (Å²) in [6, 6.07) is 14.0. The predicted octanol–water partition coefficient (Wildman–Crippen LogP) is 2.28. The lowest BCUT2D eigenvalue weighted by Crippen LogP contribution is -2.27. The lowest BCUT2D eigenvalue weighted by atomic mass is 10.2. The van der Waals surface area contributed by atoms with Gasteiger partial charge in [-0.15, -0.1) is 0 Å². The fraction of sp³-hybridized carbons (Fsp3) is 0.200. The Kier molecular flexibility index (Phi) is 4.11. The molecule has 5 heteroatoms. The Hall–Kier alpha value is -1.85. The van der Waals surface area contributed by atoms with Crippen LogP contribution in [0.1, 0.15) is 11.1 Å². The fourth-order valence-electron chi connectivity index (χ4n) is 1.99. The van der Waals surface area contributed by atoms with Crippen LogP contribution in [0, 0.1) is 6.92 Å². The van der Waals surface area contributed by atoms with E-state index >= 15 is 0 Å². The highest BCUT2D eigenvalue weighted by Crippen LogP contribution is 2.25. The molecular formula is C15H18N2O2S. The zero-order valence-corrected chi connectivity index (χ0v) is 12.4. The van der Waals surface area contributed by atoms with Gasteiger partial charge < -0.3 is 5.73 Å². The van der Waals surface area contributed by atoms with Gasteiger partial charge in [0.25, 0.3) is 10.0 Å². The van der Waals surface area contributed by atoms with Crippen molar-refractivity contribution in [2.45, 2.75) is 18.4 Å². The molecular weight excluding hydrogens is 272 g/mol. The molecule has 0 aromatic heterocycles. The second-order valence-corrected chi connectivity index (χ2v) is 6.59. The monoisotopic (exact) mass is 290 g/mol. The van der Waals surface area contributed by atoms with E-state index < -0.39 is 10.0 Å². The summed E-state index contributed by atoms with van der Waals surface area (Å²) in [4.78, 5) is 0.275. The third-order valence-electron chi connectivity index (χ3n) is 3.23. The molecule has 20 heavy (non-hydrogen) atoms. The van der Waals surface area contributed by atoms with Crippen LogP contribution >= 0.6 is 0 Å². The highest BCUT2D eigenvalue weighted by Gasteiger charge is 2.22. The standard InChI is InChI=1S/C15H18N2O2S/c1-12-7-9-14(10-8-12)20(18,19)17(2)15-6-4-3-5-13(15)11-16/h3-10H,11,16H2,1-2H3. The first-order valence-electron chi connectivity index (χ1n) is 6.30. The van der Waals surface area contributed by atoms with E-state index in [0.29, 0.717) is 12.2 Å². The van der Waals surface area contributed by atoms with Crippen LogP contribution in [0.3, 0.4) is 0 Å². The maximum absolute atomic E-state index is 12.6. The molecule has 2 rings (SSSR count). The van der Waals surface area contributed by atoms with Crippen LogP contribution in [-0.4, -0.2) is 15.5 Å². The van der Waals surface area contributed by atoms with Crippen LogP contribution in [-0.2, 0) is 16.6 Å². The van der Waals surface area contributed by atoms with Gasteiger partial charge in [0.1, 0.15) is 0 Å². The minimum atomic E-state index is -3.56. The quantitative estimate of drug-likeness (QED) is 0.939. The zero-order valence-electron chi connectivity index (χ0n) is 11.6.